The van der Waals surface area contributed by atoms with Crippen LogP contribution in [0.15, 0.2) is 24.4 Å². The van der Waals surface area contributed by atoms with Crippen molar-refractivity contribution in [3.05, 3.63) is 30.1 Å². The molecule has 1 N–H and O–H groups in total. The number of carbonyl (C=O) groups is 1. The van der Waals surface area contributed by atoms with Gasteiger partial charge in [0.15, 0.2) is 0 Å². The predicted octanol–water partition coefficient (Wildman–Crippen LogP) is 2.25. The lowest BCUT2D eigenvalue weighted by Gasteiger charge is -2.12. The molecule has 0 saturated heterocycles. The molecule has 19 heavy (non-hydrogen) atoms. The molecule has 0 bridgehead atoms. The Morgan fingerprint density at radius 2 is 2.37 bits per heavy atom. The monoisotopic (exact) mass is 258 g/mol. The molecule has 0 aliphatic heterocycles. The molecule has 1 fully saturated rings. The number of carboxylic acids is 1. The average Bonchev–Trinajstić information content (AvgIpc) is 3.16. The van der Waals surface area contributed by atoms with Crippen LogP contribution < -0.4 is 4.74 Å². The molecule has 1 saturated carbocycles. The normalized spacial score (nSPS) is 15.9. The number of rotatable bonds is 6. The second-order valence-electron chi connectivity index (χ2n) is 4.71. The summed E-state index contributed by atoms with van der Waals surface area (Å²) in [6.45, 7) is 0.534. The van der Waals surface area contributed by atoms with Crippen LogP contribution in [-0.2, 0) is 4.79 Å². The summed E-state index contributed by atoms with van der Waals surface area (Å²) in [5.41, 5.74) is 0.601. The fourth-order valence-electron chi connectivity index (χ4n) is 1.69. The maximum Gasteiger partial charge on any atom is 0.328 e. The largest absolute Gasteiger partial charge is 0.491 e. The van der Waals surface area contributed by atoms with E-state index in [-0.39, 0.29) is 5.41 Å². The van der Waals surface area contributed by atoms with Crippen molar-refractivity contribution in [2.75, 3.05) is 6.61 Å². The van der Waals surface area contributed by atoms with Gasteiger partial charge in [0.1, 0.15) is 5.75 Å². The first-order chi connectivity index (χ1) is 9.13. The fraction of sp³-hybridized carbons (Fsp3) is 0.357. The highest BCUT2D eigenvalue weighted by Crippen LogP contribution is 2.48. The van der Waals surface area contributed by atoms with E-state index in [1.54, 1.807) is 18.3 Å². The molecular formula is C14H14N2O3. The zero-order chi connectivity index (χ0) is 13.7. The van der Waals surface area contributed by atoms with Crippen molar-refractivity contribution in [2.45, 2.75) is 19.3 Å². The standard InChI is InChI=1S/C14H14N2O3/c15-8-7-14(5-6-14)10-19-12-3-1-11(16-9-12)2-4-13(17)18/h1-4,9H,5-7,10H2,(H,17,18). The molecule has 1 aliphatic rings. The third-order valence-electron chi connectivity index (χ3n) is 3.11. The third kappa shape index (κ3) is 3.81. The number of pyridine rings is 1. The lowest BCUT2D eigenvalue weighted by molar-refractivity contribution is -0.131. The summed E-state index contributed by atoms with van der Waals surface area (Å²) in [6.07, 6.45) is 6.61. The summed E-state index contributed by atoms with van der Waals surface area (Å²) in [7, 11) is 0. The zero-order valence-electron chi connectivity index (χ0n) is 10.4. The number of ether oxygens (including phenoxy) is 1. The summed E-state index contributed by atoms with van der Waals surface area (Å²) in [5, 5.41) is 17.2. The maximum atomic E-state index is 10.4. The molecule has 0 radical (unpaired) electrons. The second-order valence-corrected chi connectivity index (χ2v) is 4.71. The summed E-state index contributed by atoms with van der Waals surface area (Å²) in [6, 6.07) is 5.62. The lowest BCUT2D eigenvalue weighted by Crippen LogP contribution is -2.12. The quantitative estimate of drug-likeness (QED) is 0.791. The number of hydrogen-bond acceptors (Lipinski definition) is 4. The van der Waals surface area contributed by atoms with E-state index in [0.29, 0.717) is 24.5 Å². The van der Waals surface area contributed by atoms with E-state index in [0.717, 1.165) is 18.9 Å². The van der Waals surface area contributed by atoms with E-state index in [2.05, 4.69) is 11.1 Å². The summed E-state index contributed by atoms with van der Waals surface area (Å²) < 4.78 is 5.61. The van der Waals surface area contributed by atoms with Gasteiger partial charge in [-0.2, -0.15) is 5.26 Å². The Labute approximate surface area is 111 Å². The number of aromatic nitrogens is 1. The summed E-state index contributed by atoms with van der Waals surface area (Å²) in [5.74, 6) is -0.369. The molecule has 5 nitrogen and oxygen atoms in total. The van der Waals surface area contributed by atoms with Crippen molar-refractivity contribution in [3.8, 4) is 11.8 Å². The Balaban J connectivity index is 1.89. The first-order valence-electron chi connectivity index (χ1n) is 6.00. The molecule has 98 valence electrons. The van der Waals surface area contributed by atoms with Gasteiger partial charge >= 0.3 is 5.97 Å². The van der Waals surface area contributed by atoms with Crippen molar-refractivity contribution in [3.63, 3.8) is 0 Å². The minimum Gasteiger partial charge on any atom is -0.491 e. The SMILES string of the molecule is N#CCC1(COc2ccc(C=CC(=O)O)nc2)CC1. The van der Waals surface area contributed by atoms with Crippen LogP contribution >= 0.6 is 0 Å². The molecule has 0 unspecified atom stereocenters. The molecule has 1 heterocycles. The number of hydrogen-bond donors (Lipinski definition) is 1. The van der Waals surface area contributed by atoms with Crippen LogP contribution in [-0.4, -0.2) is 22.7 Å². The minimum atomic E-state index is -1.01. The van der Waals surface area contributed by atoms with Gasteiger partial charge in [0, 0.05) is 17.9 Å². The van der Waals surface area contributed by atoms with Crippen molar-refractivity contribution >= 4 is 12.0 Å². The van der Waals surface area contributed by atoms with Crippen LogP contribution in [0.25, 0.3) is 6.08 Å². The highest BCUT2D eigenvalue weighted by atomic mass is 16.5. The van der Waals surface area contributed by atoms with Gasteiger partial charge < -0.3 is 9.84 Å². The van der Waals surface area contributed by atoms with Gasteiger partial charge in [-0.1, -0.05) is 0 Å². The maximum absolute atomic E-state index is 10.4. The molecule has 1 aliphatic carbocycles. The number of aliphatic carboxylic acids is 1. The van der Waals surface area contributed by atoms with Gasteiger partial charge in [-0.15, -0.1) is 0 Å². The van der Waals surface area contributed by atoms with Gasteiger partial charge in [-0.3, -0.25) is 4.98 Å². The van der Waals surface area contributed by atoms with Crippen LogP contribution in [0.2, 0.25) is 0 Å². The van der Waals surface area contributed by atoms with Crippen LogP contribution in [0.3, 0.4) is 0 Å². The molecule has 2 rings (SSSR count). The molecule has 0 atom stereocenters. The van der Waals surface area contributed by atoms with Gasteiger partial charge in [0.05, 0.1) is 24.6 Å². The Morgan fingerprint density at radius 3 is 2.89 bits per heavy atom. The number of nitrogens with zero attached hydrogens (tertiary/aromatic N) is 2. The first kappa shape index (κ1) is 13.1. The molecule has 1 aromatic rings. The topological polar surface area (TPSA) is 83.2 Å². The van der Waals surface area contributed by atoms with Crippen molar-refractivity contribution in [1.82, 2.24) is 4.98 Å². The van der Waals surface area contributed by atoms with E-state index < -0.39 is 5.97 Å². The summed E-state index contributed by atoms with van der Waals surface area (Å²) >= 11 is 0. The smallest absolute Gasteiger partial charge is 0.328 e. The van der Waals surface area contributed by atoms with E-state index in [4.69, 9.17) is 15.1 Å². The number of nitriles is 1. The minimum absolute atomic E-state index is 0.0383. The van der Waals surface area contributed by atoms with E-state index in [1.807, 2.05) is 0 Å². The zero-order valence-corrected chi connectivity index (χ0v) is 10.4. The molecule has 5 heteroatoms. The average molecular weight is 258 g/mol. The van der Waals surface area contributed by atoms with Crippen LogP contribution in [0, 0.1) is 16.7 Å². The third-order valence-corrected chi connectivity index (χ3v) is 3.11. The van der Waals surface area contributed by atoms with Crippen LogP contribution in [0.1, 0.15) is 25.0 Å². The molecule has 1 aromatic heterocycles. The lowest BCUT2D eigenvalue weighted by atomic mass is 10.1. The Hall–Kier alpha value is -2.35. The van der Waals surface area contributed by atoms with Crippen LogP contribution in [0.5, 0.6) is 5.75 Å². The Kier molecular flexibility index (Phi) is 3.81. The number of carboxylic acid groups (broad SMARTS) is 1. The highest BCUT2D eigenvalue weighted by Gasteiger charge is 2.43. The Morgan fingerprint density at radius 1 is 1.58 bits per heavy atom. The van der Waals surface area contributed by atoms with Gasteiger partial charge in [0.2, 0.25) is 0 Å². The molecule has 0 spiro atoms. The predicted molar refractivity (Wildman–Crippen MR) is 68.3 cm³/mol. The van der Waals surface area contributed by atoms with Gasteiger partial charge in [-0.05, 0) is 31.1 Å². The van der Waals surface area contributed by atoms with Gasteiger partial charge in [-0.25, -0.2) is 4.79 Å². The van der Waals surface area contributed by atoms with Gasteiger partial charge in [0.25, 0.3) is 0 Å². The highest BCUT2D eigenvalue weighted by molar-refractivity contribution is 5.84. The van der Waals surface area contributed by atoms with Crippen molar-refractivity contribution < 1.29 is 14.6 Å². The van der Waals surface area contributed by atoms with Crippen molar-refractivity contribution in [2.24, 2.45) is 5.41 Å². The van der Waals surface area contributed by atoms with Crippen molar-refractivity contribution in [1.29, 1.82) is 5.26 Å². The summed E-state index contributed by atoms with van der Waals surface area (Å²) in [4.78, 5) is 14.4. The first-order valence-corrected chi connectivity index (χ1v) is 6.00. The van der Waals surface area contributed by atoms with E-state index in [1.165, 1.54) is 6.08 Å². The van der Waals surface area contributed by atoms with E-state index in [9.17, 15) is 4.79 Å². The second kappa shape index (κ2) is 5.53. The van der Waals surface area contributed by atoms with E-state index >= 15 is 0 Å². The molecular weight excluding hydrogens is 244 g/mol. The Bertz CT molecular complexity index is 525. The van der Waals surface area contributed by atoms with Crippen LogP contribution in [0.4, 0.5) is 0 Å². The molecule has 0 aromatic carbocycles. The molecule has 0 amide bonds. The fourth-order valence-corrected chi connectivity index (χ4v) is 1.69.